The first-order valence-electron chi connectivity index (χ1n) is 1.92. The van der Waals surface area contributed by atoms with E-state index in [-0.39, 0.29) is 0 Å². The molecule has 0 fully saturated rings. The summed E-state index contributed by atoms with van der Waals surface area (Å²) >= 11 is 8.50. The van der Waals surface area contributed by atoms with Crippen LogP contribution in [0.25, 0.3) is 0 Å². The first-order valence-corrected chi connectivity index (χ1v) is 6.15. The summed E-state index contributed by atoms with van der Waals surface area (Å²) in [5, 5.41) is 0. The lowest BCUT2D eigenvalue weighted by molar-refractivity contribution is 2.15. The van der Waals surface area contributed by atoms with Gasteiger partial charge in [0.15, 0.2) is 5.67 Å². The number of hydrogen-bond donors (Lipinski definition) is 2. The summed E-state index contributed by atoms with van der Waals surface area (Å²) in [6, 6.07) is 0. The predicted molar refractivity (Wildman–Crippen MR) is 43.2 cm³/mol. The highest BCUT2D eigenvalue weighted by Gasteiger charge is 2.23. The van der Waals surface area contributed by atoms with Crippen molar-refractivity contribution in [3.63, 3.8) is 0 Å². The highest BCUT2D eigenvalue weighted by molar-refractivity contribution is 8.87. The number of hydrogen-bond acceptors (Lipinski definition) is 2. The van der Waals surface area contributed by atoms with Crippen LogP contribution in [0.3, 0.4) is 0 Å². The topological polar surface area (TPSA) is 0 Å². The maximum atomic E-state index is 4.25. The van der Waals surface area contributed by atoms with Crippen LogP contribution in [-0.4, -0.2) is 0 Å². The van der Waals surface area contributed by atoms with E-state index in [9.17, 15) is 0 Å². The Morgan fingerprint density at radius 1 is 1.00 bits per heavy atom. The van der Waals surface area contributed by atoms with Crippen molar-refractivity contribution >= 4 is 30.2 Å². The largest absolute Gasteiger partial charge is 0.175 e. The Balaban J connectivity index is 2.77. The summed E-state index contributed by atoms with van der Waals surface area (Å²) in [5.74, 6) is 4.05. The molecule has 0 aromatic carbocycles. The Morgan fingerprint density at radius 2 is 1.43 bits per heavy atom. The summed E-state index contributed by atoms with van der Waals surface area (Å²) in [7, 11) is 0. The Kier molecular flexibility index (Phi) is 1.52. The summed E-state index contributed by atoms with van der Waals surface area (Å²) in [5.41, 5.74) is -1.27. The molecule has 0 saturated heterocycles. The molecule has 0 unspecified atom stereocenters. The summed E-state index contributed by atoms with van der Waals surface area (Å²) in [4.78, 5) is 0. The van der Waals surface area contributed by atoms with E-state index in [1.165, 1.54) is 0 Å². The molecule has 0 atom stereocenters. The Bertz CT molecular complexity index is 112. The minimum absolute atomic E-state index is 1.27. The van der Waals surface area contributed by atoms with Crippen LogP contribution in [0.5, 0.6) is 0 Å². The highest BCUT2D eigenvalue weighted by Crippen LogP contribution is 2.72. The van der Waals surface area contributed by atoms with Gasteiger partial charge in [-0.3, -0.25) is 0 Å². The van der Waals surface area contributed by atoms with E-state index in [2.05, 4.69) is 24.5 Å². The second-order valence-electron chi connectivity index (χ2n) is 1.38. The maximum absolute atomic E-state index is 4.25. The summed E-state index contributed by atoms with van der Waals surface area (Å²) < 4.78 is 0. The molecule has 0 amide bonds. The van der Waals surface area contributed by atoms with Gasteiger partial charge in [-0.1, -0.05) is 0 Å². The van der Waals surface area contributed by atoms with E-state index in [0.717, 1.165) is 0 Å². The number of thiol groups is 2. The average Bonchev–Trinajstić information content (AvgIpc) is 1.84. The zero-order valence-corrected chi connectivity index (χ0v) is 6.33. The molecule has 1 rings (SSSR count). The van der Waals surface area contributed by atoms with E-state index in [4.69, 9.17) is 0 Å². The Labute approximate surface area is 54.3 Å². The zero-order valence-electron chi connectivity index (χ0n) is 3.65. The van der Waals surface area contributed by atoms with Gasteiger partial charge in [0, 0.05) is 24.5 Å². The van der Waals surface area contributed by atoms with Crippen LogP contribution in [0.15, 0.2) is 23.8 Å². The van der Waals surface area contributed by atoms with Gasteiger partial charge >= 0.3 is 0 Å². The SMILES string of the molecule is S[P+]1(S)C=CC=C1. The van der Waals surface area contributed by atoms with Gasteiger partial charge in [-0.05, 0) is 12.2 Å². The quantitative estimate of drug-likeness (QED) is 0.384. The predicted octanol–water partition coefficient (Wildman–Crippen LogP) is 2.73. The van der Waals surface area contributed by atoms with Crippen LogP contribution < -0.4 is 0 Å². The van der Waals surface area contributed by atoms with Crippen molar-refractivity contribution in [1.82, 2.24) is 0 Å². The first kappa shape index (κ1) is 5.74. The van der Waals surface area contributed by atoms with Crippen molar-refractivity contribution in [3.8, 4) is 0 Å². The third-order valence-electron chi connectivity index (χ3n) is 0.722. The Morgan fingerprint density at radius 3 is 1.57 bits per heavy atom. The fourth-order valence-electron chi connectivity index (χ4n) is 0.402. The third-order valence-corrected chi connectivity index (χ3v) is 3.54. The van der Waals surface area contributed by atoms with Crippen LogP contribution in [0.4, 0.5) is 0 Å². The molecule has 1 aliphatic heterocycles. The molecule has 0 aromatic rings. The molecule has 0 radical (unpaired) electrons. The molecule has 1 aliphatic rings. The van der Waals surface area contributed by atoms with Gasteiger partial charge in [0.25, 0.3) is 0 Å². The van der Waals surface area contributed by atoms with Gasteiger partial charge in [0.05, 0.1) is 11.6 Å². The van der Waals surface area contributed by atoms with Gasteiger partial charge in [-0.15, -0.1) is 0 Å². The van der Waals surface area contributed by atoms with Crippen LogP contribution in [0.1, 0.15) is 0 Å². The fourth-order valence-corrected chi connectivity index (χ4v) is 2.13. The minimum atomic E-state index is -1.27. The molecule has 7 heavy (non-hydrogen) atoms. The van der Waals surface area contributed by atoms with Gasteiger partial charge in [-0.25, -0.2) is 0 Å². The molecule has 0 bridgehead atoms. The smallest absolute Gasteiger partial charge is 0.0215 e. The van der Waals surface area contributed by atoms with Crippen molar-refractivity contribution in [2.75, 3.05) is 0 Å². The first-order chi connectivity index (χ1) is 3.21. The Hall–Kier alpha value is 0.610. The van der Waals surface area contributed by atoms with E-state index in [1.807, 2.05) is 23.8 Å². The molecule has 0 saturated carbocycles. The van der Waals surface area contributed by atoms with Gasteiger partial charge in [0.1, 0.15) is 0 Å². The molecule has 0 nitrogen and oxygen atoms in total. The van der Waals surface area contributed by atoms with Gasteiger partial charge in [0.2, 0.25) is 0 Å². The van der Waals surface area contributed by atoms with Crippen molar-refractivity contribution in [2.45, 2.75) is 0 Å². The van der Waals surface area contributed by atoms with Crippen molar-refractivity contribution in [2.24, 2.45) is 0 Å². The van der Waals surface area contributed by atoms with Crippen LogP contribution in [0.2, 0.25) is 0 Å². The molecule has 0 aliphatic carbocycles. The normalized spacial score (nSPS) is 23.7. The zero-order chi connectivity index (χ0) is 5.33. The van der Waals surface area contributed by atoms with E-state index < -0.39 is 5.67 Å². The van der Waals surface area contributed by atoms with E-state index >= 15 is 0 Å². The molecular formula is C4H6PS2+. The standard InChI is InChI=1S/C4H6PS2/c6-5(7)3-1-2-4-5/h1-4,6-7H/q+1. The molecule has 0 spiro atoms. The second kappa shape index (κ2) is 1.85. The van der Waals surface area contributed by atoms with Crippen LogP contribution in [-0.2, 0) is 0 Å². The van der Waals surface area contributed by atoms with Crippen molar-refractivity contribution in [1.29, 1.82) is 0 Å². The van der Waals surface area contributed by atoms with Crippen LogP contribution >= 0.6 is 30.2 Å². The highest BCUT2D eigenvalue weighted by atomic mass is 33.1. The molecule has 3 heteroatoms. The van der Waals surface area contributed by atoms with Crippen LogP contribution in [0, 0.1) is 0 Å². The number of allylic oxidation sites excluding steroid dienone is 2. The van der Waals surface area contributed by atoms with E-state index in [1.54, 1.807) is 0 Å². The lowest BCUT2D eigenvalue weighted by Gasteiger charge is -1.93. The molecule has 0 N–H and O–H groups in total. The lowest BCUT2D eigenvalue weighted by atomic mass is 10.6. The average molecular weight is 149 g/mol. The molecule has 38 valence electrons. The molecule has 0 aromatic heterocycles. The van der Waals surface area contributed by atoms with E-state index in [0.29, 0.717) is 0 Å². The fraction of sp³-hybridized carbons (Fsp3) is 0. The number of rotatable bonds is 0. The second-order valence-corrected chi connectivity index (χ2v) is 8.30. The van der Waals surface area contributed by atoms with Gasteiger partial charge in [-0.2, -0.15) is 0 Å². The third kappa shape index (κ3) is 1.52. The maximum Gasteiger partial charge on any atom is 0.175 e. The van der Waals surface area contributed by atoms with Gasteiger partial charge < -0.3 is 0 Å². The lowest BCUT2D eigenvalue weighted by Crippen LogP contribution is -1.47. The molecule has 1 heterocycles. The molecular weight excluding hydrogens is 143 g/mol. The summed E-state index contributed by atoms with van der Waals surface area (Å²) in [6.45, 7) is 0. The summed E-state index contributed by atoms with van der Waals surface area (Å²) in [6.07, 6.45) is 3.96. The van der Waals surface area contributed by atoms with Crippen molar-refractivity contribution in [3.05, 3.63) is 23.8 Å². The minimum Gasteiger partial charge on any atom is -0.0215 e. The van der Waals surface area contributed by atoms with Crippen molar-refractivity contribution < 1.29 is 0 Å². The monoisotopic (exact) mass is 149 g/mol.